The summed E-state index contributed by atoms with van der Waals surface area (Å²) < 4.78 is 31.3. The van der Waals surface area contributed by atoms with Crippen LogP contribution in [-0.2, 0) is 4.74 Å². The molecule has 0 radical (unpaired) electrons. The molecule has 0 amide bonds. The summed E-state index contributed by atoms with van der Waals surface area (Å²) in [7, 11) is 1.58. The molecule has 0 saturated heterocycles. The number of hydrogen-bond donors (Lipinski definition) is 2. The van der Waals surface area contributed by atoms with Crippen LogP contribution in [0.5, 0.6) is 0 Å². The minimum absolute atomic E-state index is 0.0900. The highest BCUT2D eigenvalue weighted by atomic mass is 32.1. The number of hydrazone groups is 1. The average molecular weight is 287 g/mol. The number of benzene rings is 1. The molecule has 0 saturated carbocycles. The average Bonchev–Trinajstić information content (AvgIpc) is 2.39. The van der Waals surface area contributed by atoms with Gasteiger partial charge in [0.2, 0.25) is 0 Å². The highest BCUT2D eigenvalue weighted by Gasteiger charge is 2.07. The van der Waals surface area contributed by atoms with Gasteiger partial charge in [-0.05, 0) is 37.3 Å². The van der Waals surface area contributed by atoms with E-state index in [2.05, 4.69) is 15.8 Å². The molecule has 0 unspecified atom stereocenters. The van der Waals surface area contributed by atoms with Gasteiger partial charge in [0.05, 0.1) is 12.3 Å². The summed E-state index contributed by atoms with van der Waals surface area (Å²) in [6, 6.07) is 3.19. The van der Waals surface area contributed by atoms with Crippen LogP contribution in [0.15, 0.2) is 23.3 Å². The number of thiocarbonyl (C=S) groups is 1. The van der Waals surface area contributed by atoms with Crippen molar-refractivity contribution in [3.63, 3.8) is 0 Å². The molecule has 0 aromatic heterocycles. The Morgan fingerprint density at radius 2 is 2.16 bits per heavy atom. The summed E-state index contributed by atoms with van der Waals surface area (Å²) in [5.41, 5.74) is 2.94. The zero-order chi connectivity index (χ0) is 14.3. The summed E-state index contributed by atoms with van der Waals surface area (Å²) >= 11 is 4.94. The number of methoxy groups -OCH3 is 1. The Bertz CT molecular complexity index is 480. The lowest BCUT2D eigenvalue weighted by molar-refractivity contribution is 0.204. The summed E-state index contributed by atoms with van der Waals surface area (Å²) in [6.07, 6.45) is 0. The zero-order valence-electron chi connectivity index (χ0n) is 10.7. The van der Waals surface area contributed by atoms with Crippen LogP contribution < -0.4 is 10.7 Å². The minimum atomic E-state index is -0.539. The van der Waals surface area contributed by atoms with Gasteiger partial charge < -0.3 is 10.1 Å². The van der Waals surface area contributed by atoms with E-state index >= 15 is 0 Å². The second kappa shape index (κ2) is 7.75. The summed E-state index contributed by atoms with van der Waals surface area (Å²) in [5, 5.41) is 7.01. The monoisotopic (exact) mass is 287 g/mol. The topological polar surface area (TPSA) is 45.6 Å². The molecular formula is C12H15F2N3OS. The Balaban J connectivity index is 2.61. The fourth-order valence-corrected chi connectivity index (χ4v) is 1.42. The summed E-state index contributed by atoms with van der Waals surface area (Å²) in [4.78, 5) is 0. The number of rotatable bonds is 5. The van der Waals surface area contributed by atoms with Gasteiger partial charge in [0.1, 0.15) is 11.6 Å². The van der Waals surface area contributed by atoms with Crippen LogP contribution in [0, 0.1) is 11.6 Å². The highest BCUT2D eigenvalue weighted by molar-refractivity contribution is 7.80. The van der Waals surface area contributed by atoms with Crippen molar-refractivity contribution >= 4 is 23.0 Å². The van der Waals surface area contributed by atoms with Crippen LogP contribution >= 0.6 is 12.2 Å². The van der Waals surface area contributed by atoms with Gasteiger partial charge in [0.15, 0.2) is 5.11 Å². The van der Waals surface area contributed by atoms with E-state index < -0.39 is 11.6 Å². The van der Waals surface area contributed by atoms with Crippen molar-refractivity contribution in [3.05, 3.63) is 35.4 Å². The maximum Gasteiger partial charge on any atom is 0.187 e. The minimum Gasteiger partial charge on any atom is -0.383 e. The number of nitrogens with one attached hydrogen (secondary N) is 2. The second-order valence-corrected chi connectivity index (χ2v) is 4.09. The van der Waals surface area contributed by atoms with Crippen LogP contribution in [0.3, 0.4) is 0 Å². The third kappa shape index (κ3) is 5.27. The fourth-order valence-electron chi connectivity index (χ4n) is 1.28. The number of hydrogen-bond acceptors (Lipinski definition) is 3. The molecule has 0 aliphatic rings. The smallest absolute Gasteiger partial charge is 0.187 e. The van der Waals surface area contributed by atoms with E-state index in [1.807, 2.05) is 0 Å². The van der Waals surface area contributed by atoms with Gasteiger partial charge in [-0.15, -0.1) is 0 Å². The molecule has 0 spiro atoms. The first-order valence-electron chi connectivity index (χ1n) is 5.57. The van der Waals surface area contributed by atoms with Crippen molar-refractivity contribution in [1.29, 1.82) is 0 Å². The van der Waals surface area contributed by atoms with Gasteiger partial charge in [-0.25, -0.2) is 8.78 Å². The highest BCUT2D eigenvalue weighted by Crippen LogP contribution is 2.10. The van der Waals surface area contributed by atoms with E-state index in [4.69, 9.17) is 17.0 Å². The maximum atomic E-state index is 13.5. The van der Waals surface area contributed by atoms with Crippen molar-refractivity contribution in [2.75, 3.05) is 20.3 Å². The van der Waals surface area contributed by atoms with E-state index in [1.54, 1.807) is 14.0 Å². The number of nitrogens with zero attached hydrogens (tertiary/aromatic N) is 1. The van der Waals surface area contributed by atoms with E-state index in [0.29, 0.717) is 18.9 Å². The second-order valence-electron chi connectivity index (χ2n) is 3.68. The molecular weight excluding hydrogens is 272 g/mol. The largest absolute Gasteiger partial charge is 0.383 e. The molecule has 19 heavy (non-hydrogen) atoms. The Labute approximate surface area is 115 Å². The van der Waals surface area contributed by atoms with Crippen LogP contribution in [0.2, 0.25) is 0 Å². The lowest BCUT2D eigenvalue weighted by Gasteiger charge is -2.08. The number of halogens is 2. The summed E-state index contributed by atoms with van der Waals surface area (Å²) in [5.74, 6) is -1.06. The van der Waals surface area contributed by atoms with Crippen LogP contribution in [0.25, 0.3) is 0 Å². The van der Waals surface area contributed by atoms with Crippen LogP contribution in [0.1, 0.15) is 12.5 Å². The molecule has 2 N–H and O–H groups in total. The third-order valence-electron chi connectivity index (χ3n) is 2.24. The molecule has 0 bridgehead atoms. The first-order valence-corrected chi connectivity index (χ1v) is 5.98. The molecule has 0 aliphatic carbocycles. The Morgan fingerprint density at radius 3 is 2.84 bits per heavy atom. The van der Waals surface area contributed by atoms with Crippen molar-refractivity contribution in [2.45, 2.75) is 6.92 Å². The van der Waals surface area contributed by atoms with E-state index in [0.717, 1.165) is 18.2 Å². The Kier molecular flexibility index (Phi) is 6.31. The molecule has 0 fully saturated rings. The van der Waals surface area contributed by atoms with Crippen molar-refractivity contribution in [1.82, 2.24) is 10.7 Å². The Morgan fingerprint density at radius 1 is 1.42 bits per heavy atom. The van der Waals surface area contributed by atoms with Crippen LogP contribution in [-0.4, -0.2) is 31.1 Å². The van der Waals surface area contributed by atoms with Gasteiger partial charge in [-0.1, -0.05) is 0 Å². The van der Waals surface area contributed by atoms with Gasteiger partial charge in [-0.2, -0.15) is 5.10 Å². The normalized spacial score (nSPS) is 11.3. The molecule has 0 aliphatic heterocycles. The maximum absolute atomic E-state index is 13.5. The molecule has 1 aromatic carbocycles. The SMILES string of the molecule is COCCNC(=S)N/N=C(/C)c1cc(F)ccc1F. The van der Waals surface area contributed by atoms with Gasteiger partial charge in [-0.3, -0.25) is 5.43 Å². The van der Waals surface area contributed by atoms with Gasteiger partial charge in [0.25, 0.3) is 0 Å². The van der Waals surface area contributed by atoms with Gasteiger partial charge in [0, 0.05) is 19.2 Å². The van der Waals surface area contributed by atoms with Crippen molar-refractivity contribution < 1.29 is 13.5 Å². The van der Waals surface area contributed by atoms with E-state index in [1.165, 1.54) is 0 Å². The quantitative estimate of drug-likeness (QED) is 0.375. The first kappa shape index (κ1) is 15.5. The Hall–Kier alpha value is -1.60. The summed E-state index contributed by atoms with van der Waals surface area (Å²) in [6.45, 7) is 2.59. The molecule has 104 valence electrons. The van der Waals surface area contributed by atoms with E-state index in [-0.39, 0.29) is 10.7 Å². The standard InChI is InChI=1S/C12H15F2N3OS/c1-8(10-7-9(13)3-4-11(10)14)16-17-12(19)15-5-6-18-2/h3-4,7H,5-6H2,1-2H3,(H2,15,17,19)/b16-8-. The van der Waals surface area contributed by atoms with Crippen molar-refractivity contribution in [3.8, 4) is 0 Å². The molecule has 1 aromatic rings. The fraction of sp³-hybridized carbons (Fsp3) is 0.333. The predicted octanol–water partition coefficient (Wildman–Crippen LogP) is 1.80. The lowest BCUT2D eigenvalue weighted by atomic mass is 10.1. The number of ether oxygens (including phenoxy) is 1. The molecule has 0 heterocycles. The predicted molar refractivity (Wildman–Crippen MR) is 74.2 cm³/mol. The van der Waals surface area contributed by atoms with Crippen molar-refractivity contribution in [2.24, 2.45) is 5.10 Å². The first-order chi connectivity index (χ1) is 9.04. The molecule has 1 rings (SSSR count). The third-order valence-corrected chi connectivity index (χ3v) is 2.47. The zero-order valence-corrected chi connectivity index (χ0v) is 11.5. The molecule has 4 nitrogen and oxygen atoms in total. The van der Waals surface area contributed by atoms with Gasteiger partial charge >= 0.3 is 0 Å². The molecule has 7 heteroatoms. The van der Waals surface area contributed by atoms with Crippen LogP contribution in [0.4, 0.5) is 8.78 Å². The van der Waals surface area contributed by atoms with E-state index in [9.17, 15) is 8.78 Å². The molecule has 0 atom stereocenters. The lowest BCUT2D eigenvalue weighted by Crippen LogP contribution is -2.34.